The Morgan fingerprint density at radius 1 is 1.15 bits per heavy atom. The number of imidazole rings is 1. The van der Waals surface area contributed by atoms with Gasteiger partial charge in [-0.1, -0.05) is 18.2 Å². The maximum atomic E-state index is 13.7. The number of nitrogens with zero attached hydrogens (tertiary/aromatic N) is 5. The van der Waals surface area contributed by atoms with Crippen molar-refractivity contribution >= 4 is 27.8 Å². The van der Waals surface area contributed by atoms with Crippen molar-refractivity contribution in [3.63, 3.8) is 0 Å². The number of hydrogen-bond acceptors (Lipinski definition) is 5. The molecule has 204 valence electrons. The number of rotatable bonds is 6. The molecular formula is C31H33N7O2. The fourth-order valence-electron chi connectivity index (χ4n) is 7.16. The minimum atomic E-state index is 0.0163. The lowest BCUT2D eigenvalue weighted by Gasteiger charge is -2.27. The Kier molecular flexibility index (Phi) is 5.16. The molecule has 2 saturated carbocycles. The van der Waals surface area contributed by atoms with Crippen molar-refractivity contribution in [2.45, 2.75) is 44.3 Å². The van der Waals surface area contributed by atoms with Crippen LogP contribution in [0.2, 0.25) is 0 Å². The van der Waals surface area contributed by atoms with Crippen LogP contribution in [0.1, 0.15) is 36.0 Å². The second kappa shape index (κ2) is 8.69. The molecule has 3 aromatic heterocycles. The number of methoxy groups -OCH3 is 1. The molecule has 1 aliphatic heterocycles. The van der Waals surface area contributed by atoms with Gasteiger partial charge in [-0.3, -0.25) is 9.89 Å². The molecular weight excluding hydrogens is 502 g/mol. The number of aromatic amines is 1. The lowest BCUT2D eigenvalue weighted by molar-refractivity contribution is 0.0700. The van der Waals surface area contributed by atoms with E-state index in [2.05, 4.69) is 43.6 Å². The standard InChI is InChI=1S/C31H33N7O2/c1-36-29-23(10-20(12-26(29)40-2)31(39)38-16-19-8-9-24(38)27(19)32)35-30(36)25-11-18-4-3-5-22(21-13-33-34-14-21)28(18)37(25)15-17-6-7-17/h3-5,10-14,17,19,24,27H,6-9,15-16,32H2,1-2H3,(H,33,34)/t19-,24-,27-/m1/s1. The van der Waals surface area contributed by atoms with Crippen molar-refractivity contribution in [1.82, 2.24) is 29.2 Å². The first kappa shape index (κ1) is 23.7. The van der Waals surface area contributed by atoms with Crippen molar-refractivity contribution in [3.8, 4) is 28.4 Å². The number of likely N-dealkylation sites (tertiary alicyclic amines) is 1. The van der Waals surface area contributed by atoms with Gasteiger partial charge in [-0.2, -0.15) is 5.10 Å². The van der Waals surface area contributed by atoms with Crippen LogP contribution in [0.25, 0.3) is 44.6 Å². The number of nitrogens with one attached hydrogen (secondary N) is 1. The van der Waals surface area contributed by atoms with E-state index in [1.807, 2.05) is 36.5 Å². The molecule has 2 aromatic carbocycles. The number of piperidine rings is 1. The van der Waals surface area contributed by atoms with Crippen LogP contribution < -0.4 is 10.5 Å². The summed E-state index contributed by atoms with van der Waals surface area (Å²) in [6.07, 6.45) is 8.41. The predicted octanol–water partition coefficient (Wildman–Crippen LogP) is 4.57. The van der Waals surface area contributed by atoms with Crippen LogP contribution in [0.3, 0.4) is 0 Å². The molecule has 2 bridgehead atoms. The second-order valence-electron chi connectivity index (χ2n) is 11.8. The van der Waals surface area contributed by atoms with Crippen LogP contribution in [-0.2, 0) is 13.6 Å². The van der Waals surface area contributed by atoms with E-state index in [0.29, 0.717) is 23.1 Å². The molecule has 5 aromatic rings. The fraction of sp³-hybridized carbons (Fsp3) is 0.387. The normalized spacial score (nSPS) is 22.2. The summed E-state index contributed by atoms with van der Waals surface area (Å²) in [7, 11) is 3.69. The van der Waals surface area contributed by atoms with Crippen LogP contribution in [-0.4, -0.2) is 60.9 Å². The Balaban J connectivity index is 1.28. The highest BCUT2D eigenvalue weighted by atomic mass is 16.5. The van der Waals surface area contributed by atoms with E-state index < -0.39 is 0 Å². The van der Waals surface area contributed by atoms with Gasteiger partial charge in [0, 0.05) is 60.5 Å². The highest BCUT2D eigenvalue weighted by Crippen LogP contribution is 2.41. The highest BCUT2D eigenvalue weighted by molar-refractivity contribution is 6.01. The summed E-state index contributed by atoms with van der Waals surface area (Å²) in [6.45, 7) is 1.67. The van der Waals surface area contributed by atoms with Crippen LogP contribution in [0, 0.1) is 11.8 Å². The average Bonchev–Trinajstić information content (AvgIpc) is 3.35. The fourth-order valence-corrected chi connectivity index (χ4v) is 7.16. The number of H-pyrrole nitrogens is 1. The van der Waals surface area contributed by atoms with Gasteiger partial charge in [-0.15, -0.1) is 0 Å². The summed E-state index contributed by atoms with van der Waals surface area (Å²) in [5.74, 6) is 2.60. The van der Waals surface area contributed by atoms with Crippen LogP contribution in [0.15, 0.2) is 48.8 Å². The molecule has 0 radical (unpaired) electrons. The molecule has 1 amide bonds. The van der Waals surface area contributed by atoms with E-state index >= 15 is 0 Å². The van der Waals surface area contributed by atoms with E-state index in [4.69, 9.17) is 15.5 Å². The zero-order valence-corrected chi connectivity index (χ0v) is 22.8. The van der Waals surface area contributed by atoms with Gasteiger partial charge in [0.2, 0.25) is 0 Å². The number of carbonyl (C=O) groups is 1. The molecule has 3 atom stereocenters. The molecule has 8 rings (SSSR count). The molecule has 3 N–H and O–H groups in total. The number of nitrogens with two attached hydrogens (primary N) is 1. The third-order valence-corrected chi connectivity index (χ3v) is 9.41. The van der Waals surface area contributed by atoms with Gasteiger partial charge in [-0.05, 0) is 55.7 Å². The minimum absolute atomic E-state index is 0.0163. The number of fused-ring (bicyclic) bond motifs is 4. The first-order valence-corrected chi connectivity index (χ1v) is 14.2. The molecule has 4 heterocycles. The van der Waals surface area contributed by atoms with Crippen molar-refractivity contribution < 1.29 is 9.53 Å². The van der Waals surface area contributed by atoms with Gasteiger partial charge >= 0.3 is 0 Å². The van der Waals surface area contributed by atoms with E-state index in [1.165, 1.54) is 23.7 Å². The Labute approximate surface area is 231 Å². The number of para-hydroxylation sites is 1. The summed E-state index contributed by atoms with van der Waals surface area (Å²) in [4.78, 5) is 20.8. The van der Waals surface area contributed by atoms with E-state index in [9.17, 15) is 4.79 Å². The van der Waals surface area contributed by atoms with Gasteiger partial charge in [0.05, 0.1) is 30.0 Å². The quantitative estimate of drug-likeness (QED) is 0.331. The Bertz CT molecular complexity index is 1780. The second-order valence-corrected chi connectivity index (χ2v) is 11.8. The zero-order chi connectivity index (χ0) is 27.1. The molecule has 2 aliphatic carbocycles. The number of carbonyl (C=O) groups excluding carboxylic acids is 1. The zero-order valence-electron chi connectivity index (χ0n) is 22.8. The lowest BCUT2D eigenvalue weighted by Crippen LogP contribution is -2.41. The Hall–Kier alpha value is -4.11. The molecule has 9 nitrogen and oxygen atoms in total. The number of benzene rings is 2. The molecule has 3 aliphatic rings. The van der Waals surface area contributed by atoms with E-state index in [0.717, 1.165) is 59.6 Å². The topological polar surface area (TPSA) is 107 Å². The van der Waals surface area contributed by atoms with Gasteiger partial charge in [0.1, 0.15) is 11.3 Å². The van der Waals surface area contributed by atoms with Crippen LogP contribution in [0.5, 0.6) is 5.75 Å². The maximum Gasteiger partial charge on any atom is 0.254 e. The van der Waals surface area contributed by atoms with Crippen LogP contribution >= 0.6 is 0 Å². The van der Waals surface area contributed by atoms with Crippen molar-refractivity contribution in [2.75, 3.05) is 13.7 Å². The number of amides is 1. The maximum absolute atomic E-state index is 13.7. The number of aromatic nitrogens is 5. The van der Waals surface area contributed by atoms with E-state index in [1.54, 1.807) is 7.11 Å². The van der Waals surface area contributed by atoms with E-state index in [-0.39, 0.29) is 18.0 Å². The largest absolute Gasteiger partial charge is 0.494 e. The minimum Gasteiger partial charge on any atom is -0.494 e. The summed E-state index contributed by atoms with van der Waals surface area (Å²) in [5.41, 5.74) is 13.1. The van der Waals surface area contributed by atoms with Gasteiger partial charge in [0.15, 0.2) is 5.82 Å². The highest BCUT2D eigenvalue weighted by Gasteiger charge is 2.47. The Morgan fingerprint density at radius 2 is 2.02 bits per heavy atom. The molecule has 40 heavy (non-hydrogen) atoms. The smallest absolute Gasteiger partial charge is 0.254 e. The summed E-state index contributed by atoms with van der Waals surface area (Å²) in [5, 5.41) is 8.33. The lowest BCUT2D eigenvalue weighted by atomic mass is 10.1. The number of hydrogen-bond donors (Lipinski definition) is 2. The first-order valence-electron chi connectivity index (χ1n) is 14.2. The third kappa shape index (κ3) is 3.46. The predicted molar refractivity (Wildman–Crippen MR) is 154 cm³/mol. The van der Waals surface area contributed by atoms with Crippen molar-refractivity contribution in [1.29, 1.82) is 0 Å². The third-order valence-electron chi connectivity index (χ3n) is 9.41. The molecule has 9 heteroatoms. The molecule has 3 fully saturated rings. The summed E-state index contributed by atoms with van der Waals surface area (Å²) < 4.78 is 10.4. The summed E-state index contributed by atoms with van der Waals surface area (Å²) >= 11 is 0. The average molecular weight is 536 g/mol. The van der Waals surface area contributed by atoms with Crippen LogP contribution in [0.4, 0.5) is 0 Å². The summed E-state index contributed by atoms with van der Waals surface area (Å²) in [6, 6.07) is 12.7. The first-order chi connectivity index (χ1) is 19.5. The number of ether oxygens (including phenoxy) is 1. The Morgan fingerprint density at radius 3 is 2.73 bits per heavy atom. The SMILES string of the molecule is COc1cc(C(=O)N2C[C@H]3CC[C@@H]2[C@@H]3N)cc2nc(-c3cc4cccc(-c5cn[nH]c5)c4n3CC3CC3)n(C)c12. The number of aryl methyl sites for hydroxylation is 1. The van der Waals surface area contributed by atoms with Gasteiger partial charge in [-0.25, -0.2) is 4.98 Å². The van der Waals surface area contributed by atoms with Crippen molar-refractivity contribution in [3.05, 3.63) is 54.4 Å². The monoisotopic (exact) mass is 535 g/mol. The van der Waals surface area contributed by atoms with Crippen molar-refractivity contribution in [2.24, 2.45) is 24.6 Å². The molecule has 0 spiro atoms. The molecule has 0 unspecified atom stereocenters. The van der Waals surface area contributed by atoms with Gasteiger partial charge < -0.3 is 24.5 Å². The van der Waals surface area contributed by atoms with Gasteiger partial charge in [0.25, 0.3) is 5.91 Å². The molecule has 1 saturated heterocycles.